The van der Waals surface area contributed by atoms with Crippen molar-refractivity contribution in [2.75, 3.05) is 25.0 Å². The van der Waals surface area contributed by atoms with E-state index in [-0.39, 0.29) is 23.6 Å². The number of nitrogens with zero attached hydrogens (tertiary/aromatic N) is 2. The zero-order valence-corrected chi connectivity index (χ0v) is 17.1. The molecule has 0 aromatic heterocycles. The Hall–Kier alpha value is -3.75. The summed E-state index contributed by atoms with van der Waals surface area (Å²) in [5, 5.41) is 13.9. The first-order chi connectivity index (χ1) is 14.9. The molecule has 1 heterocycles. The number of anilines is 1. The summed E-state index contributed by atoms with van der Waals surface area (Å²) in [6.07, 6.45) is 2.95. The second-order valence-corrected chi connectivity index (χ2v) is 7.10. The number of esters is 1. The van der Waals surface area contributed by atoms with Crippen LogP contribution in [0, 0.1) is 10.1 Å². The van der Waals surface area contributed by atoms with Crippen molar-refractivity contribution in [3.05, 3.63) is 69.3 Å². The number of ether oxygens (including phenoxy) is 1. The van der Waals surface area contributed by atoms with Crippen LogP contribution in [-0.2, 0) is 4.74 Å². The van der Waals surface area contributed by atoms with Crippen LogP contribution in [0.3, 0.4) is 0 Å². The predicted molar refractivity (Wildman–Crippen MR) is 113 cm³/mol. The number of carbonyl (C=O) groups excluding carboxylic acids is 3. The first-order valence-corrected chi connectivity index (χ1v) is 10.1. The van der Waals surface area contributed by atoms with Gasteiger partial charge >= 0.3 is 5.97 Å². The van der Waals surface area contributed by atoms with Crippen molar-refractivity contribution in [3.63, 3.8) is 0 Å². The van der Waals surface area contributed by atoms with Gasteiger partial charge in [-0.25, -0.2) is 4.79 Å². The maximum absolute atomic E-state index is 12.9. The molecule has 9 nitrogen and oxygen atoms in total. The molecule has 1 aliphatic heterocycles. The standard InChI is InChI=1S/C22H23N3O6/c1-2-31-22(28)16-12-15(13-17(14-16)25(29)30)20(26)23-19-9-5-4-8-18(19)21(27)24-10-6-3-7-11-24/h4-5,8-9,12-14H,2-3,6-7,10-11H2,1H3,(H,23,26). The highest BCUT2D eigenvalue weighted by Crippen LogP contribution is 2.23. The van der Waals surface area contributed by atoms with Crippen molar-refractivity contribution < 1.29 is 24.0 Å². The van der Waals surface area contributed by atoms with Crippen LogP contribution in [0.2, 0.25) is 0 Å². The van der Waals surface area contributed by atoms with Gasteiger partial charge in [-0.3, -0.25) is 19.7 Å². The molecule has 0 spiro atoms. The minimum atomic E-state index is -0.763. The predicted octanol–water partition coefficient (Wildman–Crippen LogP) is 3.65. The summed E-state index contributed by atoms with van der Waals surface area (Å²) < 4.78 is 4.89. The third kappa shape index (κ3) is 5.25. The third-order valence-corrected chi connectivity index (χ3v) is 4.95. The second-order valence-electron chi connectivity index (χ2n) is 7.10. The molecule has 2 aromatic carbocycles. The van der Waals surface area contributed by atoms with Crippen LogP contribution in [0.1, 0.15) is 57.3 Å². The third-order valence-electron chi connectivity index (χ3n) is 4.95. The number of non-ortho nitro benzene ring substituents is 1. The molecule has 0 atom stereocenters. The molecule has 0 saturated carbocycles. The molecule has 9 heteroatoms. The Morgan fingerprint density at radius 3 is 2.42 bits per heavy atom. The summed E-state index contributed by atoms with van der Waals surface area (Å²) in [4.78, 5) is 50.1. The number of amides is 2. The Morgan fingerprint density at radius 1 is 1.06 bits per heavy atom. The maximum Gasteiger partial charge on any atom is 0.338 e. The zero-order chi connectivity index (χ0) is 22.4. The largest absolute Gasteiger partial charge is 0.462 e. The normalized spacial score (nSPS) is 13.4. The number of para-hydroxylation sites is 1. The Labute approximate surface area is 179 Å². The van der Waals surface area contributed by atoms with E-state index in [1.54, 1.807) is 36.1 Å². The molecule has 3 rings (SSSR count). The van der Waals surface area contributed by atoms with Gasteiger partial charge in [0.1, 0.15) is 0 Å². The molecular weight excluding hydrogens is 402 g/mol. The molecular formula is C22H23N3O6. The summed E-state index contributed by atoms with van der Waals surface area (Å²) in [5.41, 5.74) is 0.0470. The fourth-order valence-electron chi connectivity index (χ4n) is 3.42. The highest BCUT2D eigenvalue weighted by molar-refractivity contribution is 6.10. The van der Waals surface area contributed by atoms with E-state index in [0.717, 1.165) is 31.4 Å². The fraction of sp³-hybridized carbons (Fsp3) is 0.318. The van der Waals surface area contributed by atoms with E-state index in [0.29, 0.717) is 24.3 Å². The molecule has 1 aliphatic rings. The Bertz CT molecular complexity index is 1010. The number of likely N-dealkylation sites (tertiary alicyclic amines) is 1. The van der Waals surface area contributed by atoms with Gasteiger partial charge in [-0.1, -0.05) is 12.1 Å². The molecule has 2 aromatic rings. The number of nitrogens with one attached hydrogen (secondary N) is 1. The van der Waals surface area contributed by atoms with E-state index in [1.807, 2.05) is 0 Å². The van der Waals surface area contributed by atoms with Gasteiger partial charge in [-0.05, 0) is 44.4 Å². The molecule has 0 radical (unpaired) electrons. The Balaban J connectivity index is 1.89. The average Bonchev–Trinajstić information content (AvgIpc) is 2.79. The van der Waals surface area contributed by atoms with E-state index >= 15 is 0 Å². The lowest BCUT2D eigenvalue weighted by Gasteiger charge is -2.27. The molecule has 1 N–H and O–H groups in total. The molecule has 0 aliphatic carbocycles. The van der Waals surface area contributed by atoms with Gasteiger partial charge in [0.25, 0.3) is 17.5 Å². The monoisotopic (exact) mass is 425 g/mol. The van der Waals surface area contributed by atoms with Gasteiger partial charge in [-0.2, -0.15) is 0 Å². The van der Waals surface area contributed by atoms with Crippen LogP contribution in [0.4, 0.5) is 11.4 Å². The fourth-order valence-corrected chi connectivity index (χ4v) is 3.42. The van der Waals surface area contributed by atoms with Crippen LogP contribution in [-0.4, -0.2) is 47.3 Å². The van der Waals surface area contributed by atoms with Crippen LogP contribution in [0.5, 0.6) is 0 Å². The number of hydrogen-bond donors (Lipinski definition) is 1. The van der Waals surface area contributed by atoms with E-state index in [2.05, 4.69) is 5.32 Å². The van der Waals surface area contributed by atoms with Crippen molar-refractivity contribution in [1.29, 1.82) is 0 Å². The molecule has 31 heavy (non-hydrogen) atoms. The number of piperidine rings is 1. The van der Waals surface area contributed by atoms with Crippen molar-refractivity contribution in [2.24, 2.45) is 0 Å². The molecule has 0 bridgehead atoms. The van der Waals surface area contributed by atoms with Crippen LogP contribution < -0.4 is 5.32 Å². The average molecular weight is 425 g/mol. The van der Waals surface area contributed by atoms with E-state index in [1.165, 1.54) is 6.07 Å². The molecule has 162 valence electrons. The lowest BCUT2D eigenvalue weighted by Crippen LogP contribution is -2.36. The van der Waals surface area contributed by atoms with E-state index < -0.39 is 22.5 Å². The second kappa shape index (κ2) is 9.84. The quantitative estimate of drug-likeness (QED) is 0.429. The number of rotatable bonds is 6. The minimum absolute atomic E-state index is 0.0857. The topological polar surface area (TPSA) is 119 Å². The van der Waals surface area contributed by atoms with Gasteiger partial charge in [0.2, 0.25) is 0 Å². The zero-order valence-electron chi connectivity index (χ0n) is 17.1. The van der Waals surface area contributed by atoms with Crippen molar-refractivity contribution >= 4 is 29.2 Å². The number of hydrogen-bond acceptors (Lipinski definition) is 6. The van der Waals surface area contributed by atoms with Crippen molar-refractivity contribution in [1.82, 2.24) is 4.90 Å². The van der Waals surface area contributed by atoms with E-state index in [9.17, 15) is 24.5 Å². The maximum atomic E-state index is 12.9. The SMILES string of the molecule is CCOC(=O)c1cc(C(=O)Nc2ccccc2C(=O)N2CCCCC2)cc([N+](=O)[O-])c1. The van der Waals surface area contributed by atoms with Gasteiger partial charge in [0.15, 0.2) is 0 Å². The van der Waals surface area contributed by atoms with E-state index in [4.69, 9.17) is 4.74 Å². The molecule has 2 amide bonds. The summed E-state index contributed by atoms with van der Waals surface area (Å²) in [6, 6.07) is 9.98. The first kappa shape index (κ1) is 21.9. The number of carbonyl (C=O) groups is 3. The minimum Gasteiger partial charge on any atom is -0.462 e. The van der Waals surface area contributed by atoms with Crippen molar-refractivity contribution in [3.8, 4) is 0 Å². The molecule has 0 unspecified atom stereocenters. The smallest absolute Gasteiger partial charge is 0.338 e. The van der Waals surface area contributed by atoms with Gasteiger partial charge in [0, 0.05) is 30.8 Å². The van der Waals surface area contributed by atoms with Crippen molar-refractivity contribution in [2.45, 2.75) is 26.2 Å². The first-order valence-electron chi connectivity index (χ1n) is 10.1. The summed E-state index contributed by atoms with van der Waals surface area (Å²) in [7, 11) is 0. The van der Waals surface area contributed by atoms with Crippen LogP contribution in [0.25, 0.3) is 0 Å². The molecule has 1 fully saturated rings. The lowest BCUT2D eigenvalue weighted by molar-refractivity contribution is -0.384. The van der Waals surface area contributed by atoms with Gasteiger partial charge in [-0.15, -0.1) is 0 Å². The Kier molecular flexibility index (Phi) is 6.96. The van der Waals surface area contributed by atoms with Gasteiger partial charge < -0.3 is 15.0 Å². The summed E-state index contributed by atoms with van der Waals surface area (Å²) in [5.74, 6) is -1.61. The highest BCUT2D eigenvalue weighted by atomic mass is 16.6. The summed E-state index contributed by atoms with van der Waals surface area (Å²) in [6.45, 7) is 3.03. The van der Waals surface area contributed by atoms with Crippen LogP contribution >= 0.6 is 0 Å². The number of nitro benzene ring substituents is 1. The molecule has 1 saturated heterocycles. The Morgan fingerprint density at radius 2 is 1.74 bits per heavy atom. The summed E-state index contributed by atoms with van der Waals surface area (Å²) >= 11 is 0. The van der Waals surface area contributed by atoms with Crippen LogP contribution in [0.15, 0.2) is 42.5 Å². The number of benzene rings is 2. The lowest BCUT2D eigenvalue weighted by atomic mass is 10.1. The highest BCUT2D eigenvalue weighted by Gasteiger charge is 2.23. The number of nitro groups is 1. The van der Waals surface area contributed by atoms with Gasteiger partial charge in [0.05, 0.1) is 28.3 Å².